The summed E-state index contributed by atoms with van der Waals surface area (Å²) in [6.45, 7) is 17.8. The van der Waals surface area contributed by atoms with E-state index in [1.807, 2.05) is 20.8 Å². The summed E-state index contributed by atoms with van der Waals surface area (Å²) in [7, 11) is 0. The van der Waals surface area contributed by atoms with Gasteiger partial charge in [0.25, 0.3) is 0 Å². The zero-order valence-corrected chi connectivity index (χ0v) is 30.3. The Morgan fingerprint density at radius 2 is 1.41 bits per heavy atom. The molecule has 0 aliphatic heterocycles. The van der Waals surface area contributed by atoms with E-state index in [4.69, 9.17) is 14.7 Å². The molecule has 3 aliphatic rings. The Kier molecular flexibility index (Phi) is 8.69. The molecule has 0 spiro atoms. The van der Waals surface area contributed by atoms with E-state index in [-0.39, 0.29) is 18.1 Å². The van der Waals surface area contributed by atoms with Crippen molar-refractivity contribution in [2.75, 3.05) is 0 Å². The van der Waals surface area contributed by atoms with Crippen molar-refractivity contribution in [2.45, 2.75) is 112 Å². The van der Waals surface area contributed by atoms with Crippen molar-refractivity contribution in [1.29, 1.82) is 0 Å². The Morgan fingerprint density at radius 1 is 0.878 bits per heavy atom. The van der Waals surface area contributed by atoms with Crippen LogP contribution in [0.5, 0.6) is 0 Å². The maximum Gasteiger partial charge on any atom is 0.410 e. The van der Waals surface area contributed by atoms with Gasteiger partial charge in [-0.2, -0.15) is 0 Å². The molecule has 0 saturated heterocycles. The van der Waals surface area contributed by atoms with Gasteiger partial charge in [0, 0.05) is 45.7 Å². The molecule has 3 aliphatic carbocycles. The SMILES string of the molecule is CC1C(NCc2nc3c([nH]2)CCc2cc(C#Cc4ccc5c(c4)CCc4[nH]c(CN(C(=O)OC(C)(C)C)[C@H](C)C(C)C)nc4-5)ccc2-3)[C@@H]1C. The first kappa shape index (κ1) is 33.2. The first-order chi connectivity index (χ1) is 23.3. The zero-order chi connectivity index (χ0) is 34.6. The lowest BCUT2D eigenvalue weighted by molar-refractivity contribution is 0.0104. The fourth-order valence-electron chi connectivity index (χ4n) is 7.24. The molecule has 49 heavy (non-hydrogen) atoms. The van der Waals surface area contributed by atoms with Crippen LogP contribution in [0.4, 0.5) is 4.79 Å². The van der Waals surface area contributed by atoms with E-state index in [0.29, 0.717) is 12.6 Å². The molecule has 4 atom stereocenters. The molecule has 7 rings (SSSR count). The third kappa shape index (κ3) is 6.91. The molecule has 8 heteroatoms. The van der Waals surface area contributed by atoms with E-state index in [2.05, 4.69) is 98.1 Å². The van der Waals surface area contributed by atoms with E-state index >= 15 is 0 Å². The highest BCUT2D eigenvalue weighted by molar-refractivity contribution is 5.72. The van der Waals surface area contributed by atoms with Crippen molar-refractivity contribution in [1.82, 2.24) is 30.2 Å². The summed E-state index contributed by atoms with van der Waals surface area (Å²) in [5.41, 5.74) is 10.8. The second-order valence-electron chi connectivity index (χ2n) is 15.7. The number of carbonyl (C=O) groups is 1. The highest BCUT2D eigenvalue weighted by Crippen LogP contribution is 2.38. The molecule has 256 valence electrons. The Hall–Kier alpha value is -4.35. The largest absolute Gasteiger partial charge is 0.444 e. The van der Waals surface area contributed by atoms with Crippen LogP contribution in [0.25, 0.3) is 22.5 Å². The van der Waals surface area contributed by atoms with Crippen LogP contribution >= 0.6 is 0 Å². The lowest BCUT2D eigenvalue weighted by atomic mass is 9.90. The van der Waals surface area contributed by atoms with Crippen LogP contribution in [-0.4, -0.2) is 48.6 Å². The van der Waals surface area contributed by atoms with Crippen LogP contribution in [0.15, 0.2) is 36.4 Å². The van der Waals surface area contributed by atoms with Gasteiger partial charge in [-0.1, -0.05) is 51.7 Å². The van der Waals surface area contributed by atoms with Crippen molar-refractivity contribution in [3.05, 3.63) is 81.7 Å². The van der Waals surface area contributed by atoms with Crippen LogP contribution < -0.4 is 5.32 Å². The van der Waals surface area contributed by atoms with Gasteiger partial charge in [-0.05, 0) is 107 Å². The van der Waals surface area contributed by atoms with E-state index < -0.39 is 5.60 Å². The highest BCUT2D eigenvalue weighted by atomic mass is 16.6. The van der Waals surface area contributed by atoms with Gasteiger partial charge >= 0.3 is 6.09 Å². The van der Waals surface area contributed by atoms with Gasteiger partial charge in [0.2, 0.25) is 0 Å². The standard InChI is InChI=1S/C41H50N6O2/c1-23(2)26(5)47(40(48)49-41(6,7)8)22-36-44-34-18-14-30-20-28(12-16-32(30)39(34)46-36)10-9-27-11-15-31-29(19-27)13-17-33-38(31)45-35(43-33)21-42-37-24(3)25(37)4/h11-12,15-16,19-20,23-26,37,42H,13-14,17-18,21-22H2,1-8H3,(H,43,45)(H,44,46)/t24-,25?,26-,37?/m1/s1. The number of nitrogens with zero attached hydrogens (tertiary/aromatic N) is 3. The summed E-state index contributed by atoms with van der Waals surface area (Å²) < 4.78 is 5.76. The third-order valence-electron chi connectivity index (χ3n) is 10.7. The number of aromatic amines is 2. The van der Waals surface area contributed by atoms with E-state index in [9.17, 15) is 4.79 Å². The van der Waals surface area contributed by atoms with Gasteiger partial charge < -0.3 is 20.0 Å². The van der Waals surface area contributed by atoms with Crippen LogP contribution in [0.2, 0.25) is 0 Å². The predicted molar refractivity (Wildman–Crippen MR) is 194 cm³/mol. The van der Waals surface area contributed by atoms with Crippen LogP contribution in [0.1, 0.15) is 101 Å². The summed E-state index contributed by atoms with van der Waals surface area (Å²) >= 11 is 0. The maximum atomic E-state index is 13.2. The molecule has 0 bridgehead atoms. The number of rotatable bonds is 7. The first-order valence-electron chi connectivity index (χ1n) is 18.0. The van der Waals surface area contributed by atoms with Crippen LogP contribution in [0, 0.1) is 29.6 Å². The van der Waals surface area contributed by atoms with Crippen LogP contribution in [0.3, 0.4) is 0 Å². The second-order valence-corrected chi connectivity index (χ2v) is 15.7. The molecule has 1 amide bonds. The Labute approximate surface area is 290 Å². The normalized spacial score (nSPS) is 19.6. The number of benzene rings is 2. The van der Waals surface area contributed by atoms with Crippen molar-refractivity contribution >= 4 is 6.09 Å². The number of hydrogen-bond acceptors (Lipinski definition) is 5. The molecule has 2 heterocycles. The molecule has 2 aromatic heterocycles. The second kappa shape index (κ2) is 12.8. The lowest BCUT2D eigenvalue weighted by Crippen LogP contribution is -2.44. The average Bonchev–Trinajstić information content (AvgIpc) is 3.40. The summed E-state index contributed by atoms with van der Waals surface area (Å²) in [4.78, 5) is 32.1. The minimum absolute atomic E-state index is 0.00323. The number of amides is 1. The zero-order valence-electron chi connectivity index (χ0n) is 30.3. The Bertz CT molecular complexity index is 1940. The number of nitrogens with one attached hydrogen (secondary N) is 3. The minimum atomic E-state index is -0.562. The van der Waals surface area contributed by atoms with Crippen LogP contribution in [-0.2, 0) is 43.5 Å². The minimum Gasteiger partial charge on any atom is -0.444 e. The highest BCUT2D eigenvalue weighted by Gasteiger charge is 2.42. The molecule has 1 saturated carbocycles. The number of H-pyrrole nitrogens is 2. The third-order valence-corrected chi connectivity index (χ3v) is 10.7. The van der Waals surface area contributed by atoms with Crippen molar-refractivity contribution in [3.63, 3.8) is 0 Å². The smallest absolute Gasteiger partial charge is 0.410 e. The molecule has 8 nitrogen and oxygen atoms in total. The predicted octanol–water partition coefficient (Wildman–Crippen LogP) is 7.59. The molecule has 1 fully saturated rings. The molecule has 3 N–H and O–H groups in total. The topological polar surface area (TPSA) is 98.9 Å². The number of imidazole rings is 2. The summed E-state index contributed by atoms with van der Waals surface area (Å²) in [5.74, 6) is 10.4. The molecular weight excluding hydrogens is 608 g/mol. The van der Waals surface area contributed by atoms with Gasteiger partial charge in [0.15, 0.2) is 0 Å². The van der Waals surface area contributed by atoms with E-state index in [1.165, 1.54) is 22.4 Å². The average molecular weight is 659 g/mol. The molecule has 0 radical (unpaired) electrons. The molecule has 2 aromatic carbocycles. The molecular formula is C41H50N6O2. The quantitative estimate of drug-likeness (QED) is 0.178. The number of aryl methyl sites for hydroxylation is 4. The number of carbonyl (C=O) groups excluding carboxylic acids is 1. The lowest BCUT2D eigenvalue weighted by Gasteiger charge is -2.33. The fraction of sp³-hybridized carbons (Fsp3) is 0.488. The number of hydrogen-bond donors (Lipinski definition) is 3. The number of ether oxygens (including phenoxy) is 1. The molecule has 2 unspecified atom stereocenters. The summed E-state index contributed by atoms with van der Waals surface area (Å²) in [5, 5.41) is 3.66. The fourth-order valence-corrected chi connectivity index (χ4v) is 7.24. The van der Waals surface area contributed by atoms with Crippen molar-refractivity contribution in [2.24, 2.45) is 17.8 Å². The summed E-state index contributed by atoms with van der Waals surface area (Å²) in [6, 6.07) is 13.6. The van der Waals surface area contributed by atoms with Gasteiger partial charge in [-0.3, -0.25) is 4.90 Å². The Balaban J connectivity index is 1.05. The van der Waals surface area contributed by atoms with E-state index in [0.717, 1.165) is 89.5 Å². The first-order valence-corrected chi connectivity index (χ1v) is 18.0. The van der Waals surface area contributed by atoms with Gasteiger partial charge in [0.05, 0.1) is 24.5 Å². The maximum absolute atomic E-state index is 13.2. The van der Waals surface area contributed by atoms with E-state index in [1.54, 1.807) is 4.90 Å². The number of aromatic nitrogens is 4. The number of fused-ring (bicyclic) bond motifs is 6. The van der Waals surface area contributed by atoms with Crippen molar-refractivity contribution in [3.8, 4) is 34.4 Å². The van der Waals surface area contributed by atoms with Gasteiger partial charge in [-0.15, -0.1) is 0 Å². The van der Waals surface area contributed by atoms with Gasteiger partial charge in [0.1, 0.15) is 17.2 Å². The Morgan fingerprint density at radius 3 is 1.92 bits per heavy atom. The monoisotopic (exact) mass is 658 g/mol. The summed E-state index contributed by atoms with van der Waals surface area (Å²) in [6.07, 6.45) is 3.43. The van der Waals surface area contributed by atoms with Crippen molar-refractivity contribution < 1.29 is 9.53 Å². The van der Waals surface area contributed by atoms with Gasteiger partial charge in [-0.25, -0.2) is 14.8 Å². The molecule has 4 aromatic rings.